The second-order valence-corrected chi connectivity index (χ2v) is 10.7. The van der Waals surface area contributed by atoms with Crippen molar-refractivity contribution in [2.45, 2.75) is 58.3 Å². The first-order valence-corrected chi connectivity index (χ1v) is 9.54. The molecule has 1 rings (SSSR count). The van der Waals surface area contributed by atoms with E-state index in [2.05, 4.69) is 52.0 Å². The SMILES string of the molecule is CC[Si](CC)(CC)CCc1cccc(C)c1. The first-order chi connectivity index (χ1) is 7.65. The van der Waals surface area contributed by atoms with E-state index in [0.29, 0.717) is 0 Å². The number of hydrogen-bond acceptors (Lipinski definition) is 0. The summed E-state index contributed by atoms with van der Waals surface area (Å²) in [5.74, 6) is 0. The van der Waals surface area contributed by atoms with E-state index in [0.717, 1.165) is 0 Å². The van der Waals surface area contributed by atoms with Gasteiger partial charge in [0.1, 0.15) is 0 Å². The monoisotopic (exact) mass is 234 g/mol. The zero-order valence-corrected chi connectivity index (χ0v) is 12.3. The zero-order valence-electron chi connectivity index (χ0n) is 11.3. The van der Waals surface area contributed by atoms with Crippen LogP contribution in [0.25, 0.3) is 0 Å². The Balaban J connectivity index is 2.62. The third-order valence-electron chi connectivity index (χ3n) is 4.28. The first kappa shape index (κ1) is 13.5. The molecule has 0 amide bonds. The van der Waals surface area contributed by atoms with Crippen molar-refractivity contribution in [3.05, 3.63) is 35.4 Å². The topological polar surface area (TPSA) is 0 Å². The predicted molar refractivity (Wildman–Crippen MR) is 76.9 cm³/mol. The molecule has 0 N–H and O–H groups in total. The van der Waals surface area contributed by atoms with Crippen LogP contribution in [0.5, 0.6) is 0 Å². The second kappa shape index (κ2) is 6.24. The third kappa shape index (κ3) is 3.48. The minimum absolute atomic E-state index is 0.918. The molecular formula is C15H26Si. The van der Waals surface area contributed by atoms with Crippen molar-refractivity contribution < 1.29 is 0 Å². The fraction of sp³-hybridized carbons (Fsp3) is 0.600. The lowest BCUT2D eigenvalue weighted by Gasteiger charge is -2.28. The molecule has 0 bridgehead atoms. The summed E-state index contributed by atoms with van der Waals surface area (Å²) in [5.41, 5.74) is 2.93. The lowest BCUT2D eigenvalue weighted by molar-refractivity contribution is 1.02. The van der Waals surface area contributed by atoms with Gasteiger partial charge < -0.3 is 0 Å². The standard InChI is InChI=1S/C15H26Si/c1-5-16(6-2,7-3)12-11-15-10-8-9-14(4)13-15/h8-10,13H,5-7,11-12H2,1-4H3. The van der Waals surface area contributed by atoms with Crippen LogP contribution < -0.4 is 0 Å². The van der Waals surface area contributed by atoms with Gasteiger partial charge in [-0.1, -0.05) is 74.8 Å². The average Bonchev–Trinajstić information content (AvgIpc) is 2.32. The van der Waals surface area contributed by atoms with E-state index in [9.17, 15) is 0 Å². The van der Waals surface area contributed by atoms with Crippen molar-refractivity contribution in [3.63, 3.8) is 0 Å². The Kier molecular flexibility index (Phi) is 5.27. The Bertz CT molecular complexity index is 305. The molecule has 0 nitrogen and oxygen atoms in total. The molecule has 0 saturated carbocycles. The molecule has 0 unspecified atom stereocenters. The van der Waals surface area contributed by atoms with Crippen molar-refractivity contribution in [1.29, 1.82) is 0 Å². The minimum atomic E-state index is -0.918. The van der Waals surface area contributed by atoms with Gasteiger partial charge in [-0.3, -0.25) is 0 Å². The fourth-order valence-corrected chi connectivity index (χ4v) is 5.94. The number of aryl methyl sites for hydroxylation is 2. The summed E-state index contributed by atoms with van der Waals surface area (Å²) in [6.07, 6.45) is 1.30. The van der Waals surface area contributed by atoms with Gasteiger partial charge in [0.15, 0.2) is 0 Å². The zero-order chi connectivity index (χ0) is 12.0. The molecular weight excluding hydrogens is 208 g/mol. The summed E-state index contributed by atoms with van der Waals surface area (Å²) < 4.78 is 0. The normalized spacial score (nSPS) is 11.8. The Morgan fingerprint density at radius 1 is 1.00 bits per heavy atom. The quantitative estimate of drug-likeness (QED) is 0.605. The largest absolute Gasteiger partial charge is 0.0678 e. The van der Waals surface area contributed by atoms with Gasteiger partial charge in [-0.15, -0.1) is 0 Å². The molecule has 0 spiro atoms. The van der Waals surface area contributed by atoms with E-state index in [1.807, 2.05) is 0 Å². The van der Waals surface area contributed by atoms with Crippen LogP contribution in [-0.2, 0) is 6.42 Å². The average molecular weight is 234 g/mol. The summed E-state index contributed by atoms with van der Waals surface area (Å²) in [6.45, 7) is 9.38. The Morgan fingerprint density at radius 2 is 1.62 bits per heavy atom. The van der Waals surface area contributed by atoms with Crippen LogP contribution in [0.4, 0.5) is 0 Å². The molecule has 0 aliphatic carbocycles. The summed E-state index contributed by atoms with van der Waals surface area (Å²) in [4.78, 5) is 0. The van der Waals surface area contributed by atoms with Crippen LogP contribution in [-0.4, -0.2) is 8.07 Å². The van der Waals surface area contributed by atoms with Gasteiger partial charge in [0.05, 0.1) is 8.07 Å². The Labute approximate surface area is 102 Å². The molecule has 0 aliphatic heterocycles. The van der Waals surface area contributed by atoms with Gasteiger partial charge >= 0.3 is 0 Å². The van der Waals surface area contributed by atoms with Crippen molar-refractivity contribution >= 4 is 8.07 Å². The fourth-order valence-electron chi connectivity index (χ4n) is 2.56. The Morgan fingerprint density at radius 3 is 2.12 bits per heavy atom. The van der Waals surface area contributed by atoms with Gasteiger partial charge in [0.25, 0.3) is 0 Å². The maximum Gasteiger partial charge on any atom is 0.0530 e. The number of benzene rings is 1. The molecule has 0 saturated heterocycles. The minimum Gasteiger partial charge on any atom is -0.0678 e. The second-order valence-electron chi connectivity index (χ2n) is 5.05. The van der Waals surface area contributed by atoms with Crippen molar-refractivity contribution in [2.75, 3.05) is 0 Å². The van der Waals surface area contributed by atoms with Crippen molar-refractivity contribution in [1.82, 2.24) is 0 Å². The molecule has 1 heteroatoms. The highest BCUT2D eigenvalue weighted by molar-refractivity contribution is 6.79. The van der Waals surface area contributed by atoms with Gasteiger partial charge in [0.2, 0.25) is 0 Å². The molecule has 0 radical (unpaired) electrons. The van der Waals surface area contributed by atoms with Crippen LogP contribution in [0.1, 0.15) is 31.9 Å². The maximum atomic E-state index is 2.40. The van der Waals surface area contributed by atoms with Crippen molar-refractivity contribution in [3.8, 4) is 0 Å². The van der Waals surface area contributed by atoms with E-state index in [4.69, 9.17) is 0 Å². The highest BCUT2D eigenvalue weighted by atomic mass is 28.3. The van der Waals surface area contributed by atoms with Gasteiger partial charge in [-0.05, 0) is 18.9 Å². The van der Waals surface area contributed by atoms with Gasteiger partial charge in [0, 0.05) is 0 Å². The van der Waals surface area contributed by atoms with Crippen LogP contribution >= 0.6 is 0 Å². The van der Waals surface area contributed by atoms with E-state index >= 15 is 0 Å². The van der Waals surface area contributed by atoms with Crippen LogP contribution in [0.3, 0.4) is 0 Å². The summed E-state index contributed by atoms with van der Waals surface area (Å²) in [6, 6.07) is 14.8. The summed E-state index contributed by atoms with van der Waals surface area (Å²) >= 11 is 0. The molecule has 1 aromatic carbocycles. The summed E-state index contributed by atoms with van der Waals surface area (Å²) in [5, 5.41) is 0. The Hall–Kier alpha value is -0.563. The van der Waals surface area contributed by atoms with Crippen LogP contribution in [0.2, 0.25) is 24.2 Å². The molecule has 0 atom stereocenters. The van der Waals surface area contributed by atoms with Gasteiger partial charge in [-0.2, -0.15) is 0 Å². The van der Waals surface area contributed by atoms with E-state index in [1.165, 1.54) is 41.7 Å². The molecule has 90 valence electrons. The first-order valence-electron chi connectivity index (χ1n) is 6.71. The smallest absolute Gasteiger partial charge is 0.0530 e. The molecule has 0 fully saturated rings. The van der Waals surface area contributed by atoms with E-state index < -0.39 is 8.07 Å². The third-order valence-corrected chi connectivity index (χ3v) is 10.1. The predicted octanol–water partition coefficient (Wildman–Crippen LogP) is 5.05. The molecule has 0 aromatic heterocycles. The molecule has 0 aliphatic rings. The number of rotatable bonds is 6. The highest BCUT2D eigenvalue weighted by Gasteiger charge is 2.25. The van der Waals surface area contributed by atoms with E-state index in [-0.39, 0.29) is 0 Å². The van der Waals surface area contributed by atoms with Gasteiger partial charge in [-0.25, -0.2) is 0 Å². The molecule has 1 aromatic rings. The lowest BCUT2D eigenvalue weighted by atomic mass is 10.1. The summed E-state index contributed by atoms with van der Waals surface area (Å²) in [7, 11) is -0.918. The molecule has 16 heavy (non-hydrogen) atoms. The highest BCUT2D eigenvalue weighted by Crippen LogP contribution is 2.26. The maximum absolute atomic E-state index is 2.40. The molecule has 0 heterocycles. The van der Waals surface area contributed by atoms with Crippen molar-refractivity contribution in [2.24, 2.45) is 0 Å². The number of hydrogen-bond donors (Lipinski definition) is 0. The van der Waals surface area contributed by atoms with Crippen LogP contribution in [0, 0.1) is 6.92 Å². The van der Waals surface area contributed by atoms with E-state index in [1.54, 1.807) is 0 Å². The lowest BCUT2D eigenvalue weighted by Crippen LogP contribution is -2.31. The van der Waals surface area contributed by atoms with Crippen LogP contribution in [0.15, 0.2) is 24.3 Å².